The Balaban J connectivity index is 1.50. The molecule has 0 bridgehead atoms. The molecule has 0 aliphatic heterocycles. The maximum Gasteiger partial charge on any atom is 0.332 e. The molecule has 4 aromatic rings. The number of para-hydroxylation sites is 1. The van der Waals surface area contributed by atoms with E-state index in [4.69, 9.17) is 4.74 Å². The number of methoxy groups -OCH3 is 1. The Morgan fingerprint density at radius 1 is 1.09 bits per heavy atom. The highest BCUT2D eigenvalue weighted by Crippen LogP contribution is 2.22. The Hall–Kier alpha value is -3.66. The molecule has 0 saturated carbocycles. The Bertz CT molecular complexity index is 1420. The summed E-state index contributed by atoms with van der Waals surface area (Å²) in [4.78, 5) is 45.2. The molecule has 3 heterocycles. The van der Waals surface area contributed by atoms with Crippen molar-refractivity contribution in [2.24, 2.45) is 14.1 Å². The average molecular weight is 482 g/mol. The van der Waals surface area contributed by atoms with E-state index < -0.39 is 11.2 Å². The normalized spacial score (nSPS) is 11.1. The number of hydrogen-bond donors (Lipinski definition) is 0. The third kappa shape index (κ3) is 4.67. The second-order valence-electron chi connectivity index (χ2n) is 8.06. The van der Waals surface area contributed by atoms with Gasteiger partial charge in [0.15, 0.2) is 11.2 Å². The minimum Gasteiger partial charge on any atom is -0.496 e. The second kappa shape index (κ2) is 10.1. The van der Waals surface area contributed by atoms with Crippen LogP contribution in [0, 0.1) is 0 Å². The summed E-state index contributed by atoms with van der Waals surface area (Å²) in [6.07, 6.45) is 2.39. The van der Waals surface area contributed by atoms with Gasteiger partial charge in [-0.3, -0.25) is 18.7 Å². The van der Waals surface area contributed by atoms with Crippen molar-refractivity contribution in [3.05, 3.63) is 79.4 Å². The molecule has 0 N–H and O–H groups in total. The topological polar surface area (TPSA) is 91.4 Å². The van der Waals surface area contributed by atoms with E-state index in [0.717, 1.165) is 20.8 Å². The number of imidazole rings is 1. The average Bonchev–Trinajstić information content (AvgIpc) is 3.51. The summed E-state index contributed by atoms with van der Waals surface area (Å²) in [6.45, 7) is 1.40. The van der Waals surface area contributed by atoms with E-state index in [1.807, 2.05) is 46.7 Å². The zero-order valence-electron chi connectivity index (χ0n) is 19.4. The summed E-state index contributed by atoms with van der Waals surface area (Å²) < 4.78 is 9.61. The van der Waals surface area contributed by atoms with E-state index in [1.165, 1.54) is 11.6 Å². The largest absolute Gasteiger partial charge is 0.496 e. The third-order valence-electron chi connectivity index (χ3n) is 5.84. The van der Waals surface area contributed by atoms with Crippen LogP contribution < -0.4 is 16.0 Å². The quantitative estimate of drug-likeness (QED) is 0.366. The Morgan fingerprint density at radius 2 is 1.88 bits per heavy atom. The molecule has 9 nitrogen and oxygen atoms in total. The standard InChI is InChI=1S/C24H27N5O4S/c1-26-22-21(23(31)27(2)24(26)32)28(16-25-22)12-6-11-20(30)29(15-18-9-7-13-34-18)14-17-8-4-5-10-19(17)33-3/h4-5,7-10,13,16H,6,11-12,14-15H2,1-3H3. The summed E-state index contributed by atoms with van der Waals surface area (Å²) in [5, 5.41) is 2.00. The van der Waals surface area contributed by atoms with Crippen LogP contribution in [0.25, 0.3) is 11.2 Å². The lowest BCUT2D eigenvalue weighted by atomic mass is 10.1. The van der Waals surface area contributed by atoms with Gasteiger partial charge in [-0.1, -0.05) is 24.3 Å². The number of amides is 1. The molecular weight excluding hydrogens is 454 g/mol. The number of aryl methyl sites for hydroxylation is 2. The van der Waals surface area contributed by atoms with Crippen molar-refractivity contribution in [1.82, 2.24) is 23.6 Å². The molecule has 0 fully saturated rings. The molecule has 34 heavy (non-hydrogen) atoms. The highest BCUT2D eigenvalue weighted by atomic mass is 32.1. The molecule has 0 spiro atoms. The van der Waals surface area contributed by atoms with E-state index in [2.05, 4.69) is 4.98 Å². The van der Waals surface area contributed by atoms with Crippen molar-refractivity contribution in [3.63, 3.8) is 0 Å². The van der Waals surface area contributed by atoms with Crippen molar-refractivity contribution in [2.75, 3.05) is 7.11 Å². The number of aromatic nitrogens is 4. The van der Waals surface area contributed by atoms with E-state index in [1.54, 1.807) is 36.4 Å². The molecule has 0 atom stereocenters. The Kier molecular flexibility index (Phi) is 6.97. The van der Waals surface area contributed by atoms with E-state index in [9.17, 15) is 14.4 Å². The number of rotatable bonds is 9. The summed E-state index contributed by atoms with van der Waals surface area (Å²) in [6, 6.07) is 11.7. The predicted molar refractivity (Wildman–Crippen MR) is 131 cm³/mol. The molecule has 0 unspecified atom stereocenters. The van der Waals surface area contributed by atoms with Crippen LogP contribution in [0.15, 0.2) is 57.7 Å². The van der Waals surface area contributed by atoms with Crippen LogP contribution >= 0.6 is 11.3 Å². The van der Waals surface area contributed by atoms with Gasteiger partial charge in [0.25, 0.3) is 5.56 Å². The van der Waals surface area contributed by atoms with Gasteiger partial charge in [-0.15, -0.1) is 11.3 Å². The number of hydrogen-bond acceptors (Lipinski definition) is 6. The fraction of sp³-hybridized carbons (Fsp3) is 0.333. The highest BCUT2D eigenvalue weighted by Gasteiger charge is 2.18. The Morgan fingerprint density at radius 3 is 2.62 bits per heavy atom. The maximum absolute atomic E-state index is 13.2. The van der Waals surface area contributed by atoms with Crippen LogP contribution in [0.3, 0.4) is 0 Å². The number of benzene rings is 1. The van der Waals surface area contributed by atoms with Gasteiger partial charge < -0.3 is 14.2 Å². The first-order valence-corrected chi connectivity index (χ1v) is 11.8. The molecular formula is C24H27N5O4S. The molecule has 0 aliphatic carbocycles. The predicted octanol–water partition coefficient (Wildman–Crippen LogP) is 2.51. The molecule has 4 rings (SSSR count). The van der Waals surface area contributed by atoms with Crippen LogP contribution in [-0.4, -0.2) is 36.6 Å². The van der Waals surface area contributed by atoms with Crippen molar-refractivity contribution in [2.45, 2.75) is 32.5 Å². The summed E-state index contributed by atoms with van der Waals surface area (Å²) in [5.74, 6) is 0.766. The minimum absolute atomic E-state index is 0.0176. The maximum atomic E-state index is 13.2. The fourth-order valence-electron chi connectivity index (χ4n) is 3.99. The van der Waals surface area contributed by atoms with Gasteiger partial charge in [0.2, 0.25) is 5.91 Å². The van der Waals surface area contributed by atoms with Crippen molar-refractivity contribution in [3.8, 4) is 5.75 Å². The van der Waals surface area contributed by atoms with E-state index in [-0.39, 0.29) is 5.91 Å². The van der Waals surface area contributed by atoms with Gasteiger partial charge >= 0.3 is 5.69 Å². The van der Waals surface area contributed by atoms with Gasteiger partial charge in [-0.25, -0.2) is 9.78 Å². The van der Waals surface area contributed by atoms with Gasteiger partial charge in [0, 0.05) is 44.0 Å². The third-order valence-corrected chi connectivity index (χ3v) is 6.70. The van der Waals surface area contributed by atoms with Gasteiger partial charge in [0.05, 0.1) is 20.0 Å². The monoisotopic (exact) mass is 481 g/mol. The van der Waals surface area contributed by atoms with Crippen molar-refractivity contribution >= 4 is 28.4 Å². The zero-order chi connectivity index (χ0) is 24.2. The van der Waals surface area contributed by atoms with Gasteiger partial charge in [-0.05, 0) is 23.9 Å². The number of ether oxygens (including phenoxy) is 1. The lowest BCUT2D eigenvalue weighted by Gasteiger charge is -2.23. The molecule has 1 aromatic carbocycles. The van der Waals surface area contributed by atoms with Crippen LogP contribution in [-0.2, 0) is 38.5 Å². The van der Waals surface area contributed by atoms with E-state index >= 15 is 0 Å². The summed E-state index contributed by atoms with van der Waals surface area (Å²) in [5.41, 5.74) is 0.840. The van der Waals surface area contributed by atoms with Crippen LogP contribution in [0.4, 0.5) is 0 Å². The van der Waals surface area contributed by atoms with Crippen molar-refractivity contribution < 1.29 is 9.53 Å². The summed E-state index contributed by atoms with van der Waals surface area (Å²) in [7, 11) is 4.66. The first kappa shape index (κ1) is 23.5. The Labute approximate surface area is 200 Å². The van der Waals surface area contributed by atoms with Crippen LogP contribution in [0.5, 0.6) is 5.75 Å². The van der Waals surface area contributed by atoms with E-state index in [0.29, 0.717) is 43.6 Å². The number of carbonyl (C=O) groups is 1. The number of thiophene rings is 1. The molecule has 10 heteroatoms. The fourth-order valence-corrected chi connectivity index (χ4v) is 4.71. The lowest BCUT2D eigenvalue weighted by molar-refractivity contribution is -0.132. The molecule has 0 aliphatic rings. The minimum atomic E-state index is -0.418. The molecule has 178 valence electrons. The molecule has 0 saturated heterocycles. The first-order valence-electron chi connectivity index (χ1n) is 10.9. The SMILES string of the molecule is COc1ccccc1CN(Cc1cccs1)C(=O)CCCn1cnc2c1c(=O)n(C)c(=O)n2C. The first-order chi connectivity index (χ1) is 16.4. The lowest BCUT2D eigenvalue weighted by Crippen LogP contribution is -2.37. The number of nitrogens with zero attached hydrogens (tertiary/aromatic N) is 5. The van der Waals surface area contributed by atoms with Crippen molar-refractivity contribution in [1.29, 1.82) is 0 Å². The zero-order valence-corrected chi connectivity index (χ0v) is 20.2. The van der Waals surface area contributed by atoms with Gasteiger partial charge in [-0.2, -0.15) is 0 Å². The van der Waals surface area contributed by atoms with Crippen LogP contribution in [0.1, 0.15) is 23.3 Å². The second-order valence-corrected chi connectivity index (χ2v) is 9.09. The van der Waals surface area contributed by atoms with Crippen LogP contribution in [0.2, 0.25) is 0 Å². The number of carbonyl (C=O) groups excluding carboxylic acids is 1. The molecule has 1 amide bonds. The summed E-state index contributed by atoms with van der Waals surface area (Å²) >= 11 is 1.62. The molecule has 0 radical (unpaired) electrons. The highest BCUT2D eigenvalue weighted by molar-refractivity contribution is 7.09. The smallest absolute Gasteiger partial charge is 0.332 e. The molecule has 3 aromatic heterocycles. The number of fused-ring (bicyclic) bond motifs is 1. The van der Waals surface area contributed by atoms with Gasteiger partial charge in [0.1, 0.15) is 5.75 Å².